The molecule has 0 aliphatic carbocycles. The lowest BCUT2D eigenvalue weighted by Crippen LogP contribution is -2.37. The van der Waals surface area contributed by atoms with Crippen LogP contribution in [0.3, 0.4) is 0 Å². The Balaban J connectivity index is 2.18. The Morgan fingerprint density at radius 2 is 2.05 bits per heavy atom. The number of nitrogen functional groups attached to an aromatic ring is 1. The number of fused-ring (bicyclic) bond motifs is 1. The Labute approximate surface area is 121 Å². The van der Waals surface area contributed by atoms with Crippen LogP contribution in [-0.2, 0) is 16.4 Å². The minimum atomic E-state index is -4.33. The van der Waals surface area contributed by atoms with Gasteiger partial charge in [-0.05, 0) is 43.5 Å². The zero-order chi connectivity index (χ0) is 15.8. The van der Waals surface area contributed by atoms with Crippen molar-refractivity contribution in [3.8, 4) is 0 Å². The molecular weight excluding hydrogens is 305 g/mol. The van der Waals surface area contributed by atoms with Crippen LogP contribution in [0.25, 0.3) is 0 Å². The molecule has 1 aliphatic heterocycles. The van der Waals surface area contributed by atoms with Gasteiger partial charge in [-0.1, -0.05) is 0 Å². The minimum absolute atomic E-state index is 0.308. The van der Waals surface area contributed by atoms with Crippen molar-refractivity contribution < 1.29 is 21.6 Å². The maximum absolute atomic E-state index is 12.3. The van der Waals surface area contributed by atoms with Gasteiger partial charge in [-0.15, -0.1) is 0 Å². The molecule has 1 aliphatic rings. The minimum Gasteiger partial charge on any atom is -0.399 e. The van der Waals surface area contributed by atoms with E-state index in [2.05, 4.69) is 0 Å². The lowest BCUT2D eigenvalue weighted by molar-refractivity contribution is -0.134. The van der Waals surface area contributed by atoms with Crippen LogP contribution >= 0.6 is 0 Å². The van der Waals surface area contributed by atoms with Crippen LogP contribution in [0.1, 0.15) is 25.3 Å². The first kappa shape index (κ1) is 15.9. The van der Waals surface area contributed by atoms with Crippen LogP contribution < -0.4 is 10.0 Å². The normalized spacial score (nSPS) is 18.9. The molecule has 2 rings (SSSR count). The second kappa shape index (κ2) is 5.40. The molecular formula is C13H17F3N2O2S. The number of hydrogen-bond acceptors (Lipinski definition) is 3. The van der Waals surface area contributed by atoms with E-state index in [0.29, 0.717) is 17.8 Å². The molecule has 0 saturated heterocycles. The molecule has 0 radical (unpaired) electrons. The second-order valence-electron chi connectivity index (χ2n) is 5.27. The number of hydrogen-bond donors (Lipinski definition) is 1. The summed E-state index contributed by atoms with van der Waals surface area (Å²) < 4.78 is 62.3. The second-order valence-corrected chi connectivity index (χ2v) is 7.24. The van der Waals surface area contributed by atoms with Crippen molar-refractivity contribution >= 4 is 21.4 Å². The average molecular weight is 322 g/mol. The van der Waals surface area contributed by atoms with Gasteiger partial charge in [0.05, 0.1) is 11.4 Å². The summed E-state index contributed by atoms with van der Waals surface area (Å²) in [6, 6.07) is 4.60. The number of rotatable bonds is 4. The maximum Gasteiger partial charge on any atom is 0.389 e. The third-order valence-electron chi connectivity index (χ3n) is 3.42. The van der Waals surface area contributed by atoms with E-state index in [4.69, 9.17) is 5.73 Å². The first-order chi connectivity index (χ1) is 9.60. The molecule has 2 N–H and O–H groups in total. The Kier molecular flexibility index (Phi) is 4.10. The standard InChI is InChI=1S/C13H17F3N2O2S/c1-9-7-10-8-11(17)3-4-12(10)18(9)21(19,20)6-2-5-13(14,15)16/h3-4,8-9H,2,5-7,17H2,1H3. The van der Waals surface area contributed by atoms with Crippen molar-refractivity contribution in [3.05, 3.63) is 23.8 Å². The van der Waals surface area contributed by atoms with Gasteiger partial charge in [-0.25, -0.2) is 8.42 Å². The van der Waals surface area contributed by atoms with Gasteiger partial charge in [0.1, 0.15) is 0 Å². The van der Waals surface area contributed by atoms with Crippen LogP contribution in [-0.4, -0.2) is 26.4 Å². The monoisotopic (exact) mass is 322 g/mol. The number of halogens is 3. The van der Waals surface area contributed by atoms with Gasteiger partial charge in [-0.2, -0.15) is 13.2 Å². The summed E-state index contributed by atoms with van der Waals surface area (Å²) in [4.78, 5) is 0. The fraction of sp³-hybridized carbons (Fsp3) is 0.538. The predicted molar refractivity (Wildman–Crippen MR) is 75.6 cm³/mol. The van der Waals surface area contributed by atoms with Crippen molar-refractivity contribution in [1.82, 2.24) is 0 Å². The summed E-state index contributed by atoms with van der Waals surface area (Å²) in [7, 11) is -3.77. The van der Waals surface area contributed by atoms with E-state index in [0.717, 1.165) is 5.56 Å². The van der Waals surface area contributed by atoms with Gasteiger partial charge in [0.15, 0.2) is 0 Å². The molecule has 0 bridgehead atoms. The highest BCUT2D eigenvalue weighted by atomic mass is 32.2. The summed E-state index contributed by atoms with van der Waals surface area (Å²) in [6.07, 6.45) is -5.35. The van der Waals surface area contributed by atoms with Crippen LogP contribution in [0.4, 0.5) is 24.5 Å². The van der Waals surface area contributed by atoms with E-state index >= 15 is 0 Å². The highest BCUT2D eigenvalue weighted by Crippen LogP contribution is 2.36. The third-order valence-corrected chi connectivity index (χ3v) is 5.38. The van der Waals surface area contributed by atoms with Crippen molar-refractivity contribution in [2.75, 3.05) is 15.8 Å². The number of anilines is 2. The first-order valence-corrected chi connectivity index (χ1v) is 8.18. The Morgan fingerprint density at radius 1 is 1.38 bits per heavy atom. The van der Waals surface area contributed by atoms with E-state index in [9.17, 15) is 21.6 Å². The molecule has 1 atom stereocenters. The molecule has 0 amide bonds. The van der Waals surface area contributed by atoms with Crippen molar-refractivity contribution in [2.24, 2.45) is 0 Å². The number of benzene rings is 1. The summed E-state index contributed by atoms with van der Waals surface area (Å²) in [5.74, 6) is -0.513. The van der Waals surface area contributed by atoms with Crippen LogP contribution in [0.5, 0.6) is 0 Å². The summed E-state index contributed by atoms with van der Waals surface area (Å²) in [5.41, 5.74) is 7.53. The Bertz CT molecular complexity index is 629. The van der Waals surface area contributed by atoms with Crippen molar-refractivity contribution in [3.63, 3.8) is 0 Å². The lowest BCUT2D eigenvalue weighted by Gasteiger charge is -2.24. The topological polar surface area (TPSA) is 63.4 Å². The van der Waals surface area contributed by atoms with Crippen LogP contribution in [0.2, 0.25) is 0 Å². The van der Waals surface area contributed by atoms with Gasteiger partial charge < -0.3 is 5.73 Å². The molecule has 0 fully saturated rings. The first-order valence-electron chi connectivity index (χ1n) is 6.57. The smallest absolute Gasteiger partial charge is 0.389 e. The van der Waals surface area contributed by atoms with Gasteiger partial charge in [0, 0.05) is 18.2 Å². The fourth-order valence-electron chi connectivity index (χ4n) is 2.60. The molecule has 1 heterocycles. The SMILES string of the molecule is CC1Cc2cc(N)ccc2N1S(=O)(=O)CCCC(F)(F)F. The molecule has 4 nitrogen and oxygen atoms in total. The summed E-state index contributed by atoms with van der Waals surface area (Å²) in [6.45, 7) is 1.73. The molecule has 8 heteroatoms. The molecule has 0 spiro atoms. The number of nitrogens with zero attached hydrogens (tertiary/aromatic N) is 1. The molecule has 1 unspecified atom stereocenters. The molecule has 118 valence electrons. The fourth-order valence-corrected chi connectivity index (χ4v) is 4.41. The van der Waals surface area contributed by atoms with Gasteiger partial charge in [-0.3, -0.25) is 4.31 Å². The zero-order valence-electron chi connectivity index (χ0n) is 11.5. The van der Waals surface area contributed by atoms with Crippen LogP contribution in [0.15, 0.2) is 18.2 Å². The van der Waals surface area contributed by atoms with E-state index in [-0.39, 0.29) is 6.04 Å². The molecule has 1 aromatic carbocycles. The maximum atomic E-state index is 12.3. The third kappa shape index (κ3) is 3.61. The van der Waals surface area contributed by atoms with E-state index < -0.39 is 34.8 Å². The quantitative estimate of drug-likeness (QED) is 0.867. The van der Waals surface area contributed by atoms with Gasteiger partial charge in [0.25, 0.3) is 0 Å². The van der Waals surface area contributed by atoms with E-state index in [1.165, 1.54) is 4.31 Å². The largest absolute Gasteiger partial charge is 0.399 e. The lowest BCUT2D eigenvalue weighted by atomic mass is 10.1. The average Bonchev–Trinajstić information content (AvgIpc) is 2.62. The van der Waals surface area contributed by atoms with Crippen LogP contribution in [0, 0.1) is 0 Å². The number of sulfonamides is 1. The predicted octanol–water partition coefficient (Wildman–Crippen LogP) is 2.69. The molecule has 1 aromatic rings. The number of alkyl halides is 3. The van der Waals surface area contributed by atoms with Crippen molar-refractivity contribution in [1.29, 1.82) is 0 Å². The molecule has 0 aromatic heterocycles. The highest BCUT2D eigenvalue weighted by Gasteiger charge is 2.35. The zero-order valence-corrected chi connectivity index (χ0v) is 12.3. The van der Waals surface area contributed by atoms with E-state index in [1.807, 2.05) is 0 Å². The van der Waals surface area contributed by atoms with E-state index in [1.54, 1.807) is 25.1 Å². The molecule has 0 saturated carbocycles. The van der Waals surface area contributed by atoms with Crippen molar-refractivity contribution in [2.45, 2.75) is 38.4 Å². The van der Waals surface area contributed by atoms with Gasteiger partial charge >= 0.3 is 6.18 Å². The Morgan fingerprint density at radius 3 is 2.67 bits per heavy atom. The number of nitrogens with two attached hydrogens (primary N) is 1. The highest BCUT2D eigenvalue weighted by molar-refractivity contribution is 7.92. The summed E-state index contributed by atoms with van der Waals surface area (Å²) in [5, 5.41) is 0. The molecule has 21 heavy (non-hydrogen) atoms. The van der Waals surface area contributed by atoms with Gasteiger partial charge in [0.2, 0.25) is 10.0 Å². The summed E-state index contributed by atoms with van der Waals surface area (Å²) >= 11 is 0. The Hall–Kier alpha value is -1.44.